The normalized spacial score (nSPS) is 28.5. The molecule has 2 aromatic carbocycles. The second-order valence-corrected chi connectivity index (χ2v) is 5.93. The minimum Gasteiger partial charge on any atom is -0.391 e. The SMILES string of the molecule is CC1(c2ccccc2)C2ON=C(c3ccc([N+](=O)[O-])cc3)C21. The van der Waals surface area contributed by atoms with Crippen LogP contribution in [0.4, 0.5) is 5.69 Å². The van der Waals surface area contributed by atoms with Gasteiger partial charge in [-0.05, 0) is 17.7 Å². The molecule has 1 saturated carbocycles. The third kappa shape index (κ3) is 1.68. The van der Waals surface area contributed by atoms with Crippen LogP contribution in [0.25, 0.3) is 0 Å². The van der Waals surface area contributed by atoms with E-state index in [-0.39, 0.29) is 23.1 Å². The van der Waals surface area contributed by atoms with Crippen LogP contribution in [0, 0.1) is 16.0 Å². The fraction of sp³-hybridized carbons (Fsp3) is 0.235. The number of oxime groups is 1. The summed E-state index contributed by atoms with van der Waals surface area (Å²) in [6.45, 7) is 2.18. The van der Waals surface area contributed by atoms with Gasteiger partial charge in [-0.2, -0.15) is 0 Å². The second kappa shape index (κ2) is 4.40. The van der Waals surface area contributed by atoms with Crippen molar-refractivity contribution in [1.29, 1.82) is 0 Å². The lowest BCUT2D eigenvalue weighted by Crippen LogP contribution is -2.15. The molecule has 0 amide bonds. The van der Waals surface area contributed by atoms with Crippen LogP contribution in [0.15, 0.2) is 59.8 Å². The summed E-state index contributed by atoms with van der Waals surface area (Å²) in [6.07, 6.45) is 0.0556. The fourth-order valence-electron chi connectivity index (χ4n) is 3.37. The van der Waals surface area contributed by atoms with Crippen LogP contribution in [0.5, 0.6) is 0 Å². The summed E-state index contributed by atoms with van der Waals surface area (Å²) in [7, 11) is 0. The van der Waals surface area contributed by atoms with E-state index in [2.05, 4.69) is 24.2 Å². The van der Waals surface area contributed by atoms with E-state index in [0.29, 0.717) is 0 Å². The standard InChI is InChI=1S/C17H14N2O3/c1-17(12-5-3-2-4-6-12)14-15(18-22-16(14)17)11-7-9-13(10-8-11)19(20)21/h2-10,14,16H,1H3. The molecule has 0 radical (unpaired) electrons. The predicted octanol–water partition coefficient (Wildman–Crippen LogP) is 3.29. The summed E-state index contributed by atoms with van der Waals surface area (Å²) in [5.41, 5.74) is 3.02. The third-order valence-corrected chi connectivity index (χ3v) is 4.76. The van der Waals surface area contributed by atoms with Crippen molar-refractivity contribution in [2.45, 2.75) is 18.4 Å². The van der Waals surface area contributed by atoms with E-state index in [9.17, 15) is 10.1 Å². The highest BCUT2D eigenvalue weighted by Crippen LogP contribution is 2.60. The lowest BCUT2D eigenvalue weighted by Gasteiger charge is -2.14. The van der Waals surface area contributed by atoms with Gasteiger partial charge in [0, 0.05) is 23.1 Å². The Morgan fingerprint density at radius 3 is 2.45 bits per heavy atom. The second-order valence-electron chi connectivity index (χ2n) is 5.93. The van der Waals surface area contributed by atoms with E-state index in [1.165, 1.54) is 17.7 Å². The van der Waals surface area contributed by atoms with Gasteiger partial charge in [0.1, 0.15) is 6.10 Å². The van der Waals surface area contributed by atoms with Crippen LogP contribution in [0.1, 0.15) is 18.1 Å². The molecule has 0 aromatic heterocycles. The molecule has 1 aliphatic heterocycles. The van der Waals surface area contributed by atoms with Crippen LogP contribution < -0.4 is 0 Å². The molecule has 0 bridgehead atoms. The van der Waals surface area contributed by atoms with Gasteiger partial charge in [-0.3, -0.25) is 10.1 Å². The van der Waals surface area contributed by atoms with Gasteiger partial charge in [-0.15, -0.1) is 0 Å². The summed E-state index contributed by atoms with van der Waals surface area (Å²) in [4.78, 5) is 15.9. The maximum Gasteiger partial charge on any atom is 0.269 e. The summed E-state index contributed by atoms with van der Waals surface area (Å²) < 4.78 is 0. The number of rotatable bonds is 3. The number of hydrogen-bond acceptors (Lipinski definition) is 4. The number of nitro groups is 1. The van der Waals surface area contributed by atoms with Gasteiger partial charge >= 0.3 is 0 Å². The molecule has 22 heavy (non-hydrogen) atoms. The zero-order valence-electron chi connectivity index (χ0n) is 12.0. The van der Waals surface area contributed by atoms with Crippen molar-refractivity contribution in [1.82, 2.24) is 0 Å². The lowest BCUT2D eigenvalue weighted by molar-refractivity contribution is -0.384. The zero-order chi connectivity index (χ0) is 15.3. The third-order valence-electron chi connectivity index (χ3n) is 4.76. The molecular formula is C17H14N2O3. The number of benzene rings is 2. The zero-order valence-corrected chi connectivity index (χ0v) is 12.0. The van der Waals surface area contributed by atoms with Gasteiger partial charge in [0.2, 0.25) is 0 Å². The molecule has 110 valence electrons. The van der Waals surface area contributed by atoms with Crippen LogP contribution in [0.3, 0.4) is 0 Å². The number of fused-ring (bicyclic) bond motifs is 1. The van der Waals surface area contributed by atoms with Crippen LogP contribution in [0.2, 0.25) is 0 Å². The molecule has 1 fully saturated rings. The summed E-state index contributed by atoms with van der Waals surface area (Å²) in [5, 5.41) is 14.9. The van der Waals surface area contributed by atoms with Crippen molar-refractivity contribution in [2.75, 3.05) is 0 Å². The van der Waals surface area contributed by atoms with Gasteiger partial charge in [0.25, 0.3) is 5.69 Å². The van der Waals surface area contributed by atoms with Crippen molar-refractivity contribution in [3.63, 3.8) is 0 Å². The van der Waals surface area contributed by atoms with Gasteiger partial charge in [0.05, 0.1) is 16.6 Å². The Morgan fingerprint density at radius 1 is 1.14 bits per heavy atom. The molecule has 5 nitrogen and oxygen atoms in total. The molecule has 4 rings (SSSR count). The highest BCUT2D eigenvalue weighted by Gasteiger charge is 2.70. The van der Waals surface area contributed by atoms with Gasteiger partial charge in [0.15, 0.2) is 0 Å². The highest BCUT2D eigenvalue weighted by atomic mass is 16.7. The van der Waals surface area contributed by atoms with E-state index >= 15 is 0 Å². The first-order valence-electron chi connectivity index (χ1n) is 7.16. The summed E-state index contributed by atoms with van der Waals surface area (Å²) in [5.74, 6) is 0.205. The van der Waals surface area contributed by atoms with Crippen LogP contribution in [-0.4, -0.2) is 16.7 Å². The number of nitro benzene ring substituents is 1. The van der Waals surface area contributed by atoms with Gasteiger partial charge in [-0.1, -0.05) is 42.4 Å². The quantitative estimate of drug-likeness (QED) is 0.644. The minimum absolute atomic E-state index is 0.0556. The monoisotopic (exact) mass is 294 g/mol. The topological polar surface area (TPSA) is 64.7 Å². The maximum absolute atomic E-state index is 10.7. The average molecular weight is 294 g/mol. The van der Waals surface area contributed by atoms with E-state index in [1.807, 2.05) is 18.2 Å². The van der Waals surface area contributed by atoms with E-state index < -0.39 is 4.92 Å². The molecule has 1 heterocycles. The fourth-order valence-corrected chi connectivity index (χ4v) is 3.37. The smallest absolute Gasteiger partial charge is 0.269 e. The lowest BCUT2D eigenvalue weighted by atomic mass is 9.92. The Bertz CT molecular complexity index is 770. The van der Waals surface area contributed by atoms with Crippen molar-refractivity contribution >= 4 is 11.4 Å². The Morgan fingerprint density at radius 2 is 1.82 bits per heavy atom. The van der Waals surface area contributed by atoms with Crippen molar-refractivity contribution in [2.24, 2.45) is 11.1 Å². The molecule has 5 heteroatoms. The highest BCUT2D eigenvalue weighted by molar-refractivity contribution is 6.07. The number of hydrogen-bond donors (Lipinski definition) is 0. The summed E-state index contributed by atoms with van der Waals surface area (Å²) in [6, 6.07) is 16.8. The Balaban J connectivity index is 1.64. The first-order chi connectivity index (χ1) is 10.6. The Hall–Kier alpha value is -2.69. The molecule has 3 atom stereocenters. The van der Waals surface area contributed by atoms with E-state index in [4.69, 9.17) is 4.84 Å². The van der Waals surface area contributed by atoms with Crippen LogP contribution in [-0.2, 0) is 10.3 Å². The first-order valence-corrected chi connectivity index (χ1v) is 7.16. The van der Waals surface area contributed by atoms with Gasteiger partial charge in [-0.25, -0.2) is 0 Å². The molecule has 0 spiro atoms. The van der Waals surface area contributed by atoms with Crippen molar-refractivity contribution < 1.29 is 9.76 Å². The molecular weight excluding hydrogens is 280 g/mol. The Labute approximate surface area is 127 Å². The molecule has 2 aliphatic rings. The van der Waals surface area contributed by atoms with E-state index in [1.54, 1.807) is 12.1 Å². The molecule has 1 aliphatic carbocycles. The van der Waals surface area contributed by atoms with Crippen molar-refractivity contribution in [3.05, 3.63) is 75.8 Å². The Kier molecular flexibility index (Phi) is 2.60. The number of non-ortho nitro benzene ring substituents is 1. The first kappa shape index (κ1) is 13.0. The molecule has 2 aromatic rings. The molecule has 3 unspecified atom stereocenters. The van der Waals surface area contributed by atoms with Gasteiger partial charge < -0.3 is 4.84 Å². The minimum atomic E-state index is -0.398. The average Bonchev–Trinajstić information content (AvgIpc) is 2.94. The summed E-state index contributed by atoms with van der Waals surface area (Å²) >= 11 is 0. The predicted molar refractivity (Wildman–Crippen MR) is 81.8 cm³/mol. The van der Waals surface area contributed by atoms with Crippen LogP contribution >= 0.6 is 0 Å². The molecule has 0 saturated heterocycles. The maximum atomic E-state index is 10.7. The molecule has 0 N–H and O–H groups in total. The van der Waals surface area contributed by atoms with Crippen molar-refractivity contribution in [3.8, 4) is 0 Å². The largest absolute Gasteiger partial charge is 0.391 e. The number of nitrogens with zero attached hydrogens (tertiary/aromatic N) is 2. The van der Waals surface area contributed by atoms with E-state index in [0.717, 1.165) is 11.3 Å².